The zero-order valence-electron chi connectivity index (χ0n) is 11.4. The van der Waals surface area contributed by atoms with Gasteiger partial charge in [0, 0.05) is 0 Å². The molecule has 4 nitrogen and oxygen atoms in total. The minimum absolute atomic E-state index is 0.177. The Morgan fingerprint density at radius 1 is 0.714 bits per heavy atom. The minimum atomic E-state index is -0.377. The van der Waals surface area contributed by atoms with E-state index >= 15 is 0 Å². The number of hydrogen-bond donors (Lipinski definition) is 0. The number of rotatable bonds is 4. The van der Waals surface area contributed by atoms with Crippen molar-refractivity contribution >= 4 is 17.8 Å². The number of carbonyl (C=O) groups excluding carboxylic acids is 2. The van der Waals surface area contributed by atoms with E-state index < -0.39 is 0 Å². The Labute approximate surface area is 122 Å². The van der Waals surface area contributed by atoms with E-state index in [1.54, 1.807) is 0 Å². The van der Waals surface area contributed by atoms with Crippen LogP contribution in [-0.2, 0) is 22.4 Å². The largest absolute Gasteiger partial charge is 0.271 e. The molecule has 0 aliphatic heterocycles. The van der Waals surface area contributed by atoms with Crippen LogP contribution in [0.2, 0.25) is 0 Å². The SMILES string of the molecule is O=C(Cc1ccccc1)N=C=NC(=O)Cc1ccccc1. The number of aliphatic imine (C=N–C) groups is 2. The van der Waals surface area contributed by atoms with Gasteiger partial charge in [-0.3, -0.25) is 9.59 Å². The maximum absolute atomic E-state index is 11.6. The molecule has 2 amide bonds. The Morgan fingerprint density at radius 2 is 1.10 bits per heavy atom. The summed E-state index contributed by atoms with van der Waals surface area (Å²) in [4.78, 5) is 30.2. The summed E-state index contributed by atoms with van der Waals surface area (Å²) < 4.78 is 0. The number of carbonyl (C=O) groups is 2. The fraction of sp³-hybridized carbons (Fsp3) is 0.118. The quantitative estimate of drug-likeness (QED) is 0.807. The van der Waals surface area contributed by atoms with Gasteiger partial charge in [-0.15, -0.1) is 9.98 Å². The second-order valence-electron chi connectivity index (χ2n) is 4.44. The molecule has 4 heteroatoms. The van der Waals surface area contributed by atoms with Gasteiger partial charge in [-0.25, -0.2) is 0 Å². The Balaban J connectivity index is 1.88. The highest BCUT2D eigenvalue weighted by Gasteiger charge is 2.01. The molecule has 2 rings (SSSR count). The molecule has 104 valence electrons. The third-order valence-corrected chi connectivity index (χ3v) is 2.75. The predicted molar refractivity (Wildman–Crippen MR) is 80.2 cm³/mol. The molecule has 0 aliphatic carbocycles. The van der Waals surface area contributed by atoms with E-state index in [4.69, 9.17) is 0 Å². The molecule has 0 fully saturated rings. The van der Waals surface area contributed by atoms with E-state index in [1.165, 1.54) is 0 Å². The zero-order valence-corrected chi connectivity index (χ0v) is 11.4. The van der Waals surface area contributed by atoms with Crippen molar-refractivity contribution in [3.05, 3.63) is 71.8 Å². The molecule has 2 aromatic carbocycles. The van der Waals surface area contributed by atoms with Crippen LogP contribution in [0.1, 0.15) is 11.1 Å². The molecule has 0 heterocycles. The number of amides is 2. The van der Waals surface area contributed by atoms with Crippen molar-refractivity contribution in [3.8, 4) is 0 Å². The third-order valence-electron chi connectivity index (χ3n) is 2.75. The first-order chi connectivity index (χ1) is 10.2. The van der Waals surface area contributed by atoms with Crippen LogP contribution in [0.15, 0.2) is 70.6 Å². The summed E-state index contributed by atoms with van der Waals surface area (Å²) in [7, 11) is 0. The van der Waals surface area contributed by atoms with E-state index in [2.05, 4.69) is 16.0 Å². The second-order valence-corrected chi connectivity index (χ2v) is 4.44. The van der Waals surface area contributed by atoms with Crippen LogP contribution in [0.5, 0.6) is 0 Å². The molecule has 0 spiro atoms. The summed E-state index contributed by atoms with van der Waals surface area (Å²) >= 11 is 0. The molecule has 0 aliphatic rings. The zero-order chi connectivity index (χ0) is 14.9. The van der Waals surface area contributed by atoms with Gasteiger partial charge >= 0.3 is 0 Å². The summed E-state index contributed by atoms with van der Waals surface area (Å²) in [5.41, 5.74) is 1.73. The van der Waals surface area contributed by atoms with Gasteiger partial charge in [-0.2, -0.15) is 0 Å². The molecule has 0 N–H and O–H groups in total. The molecule has 2 aromatic rings. The lowest BCUT2D eigenvalue weighted by molar-refractivity contribution is -0.117. The molecule has 0 saturated carbocycles. The van der Waals surface area contributed by atoms with Crippen LogP contribution < -0.4 is 0 Å². The van der Waals surface area contributed by atoms with E-state index in [1.807, 2.05) is 60.7 Å². The van der Waals surface area contributed by atoms with Crippen molar-refractivity contribution in [2.24, 2.45) is 9.98 Å². The van der Waals surface area contributed by atoms with Gasteiger partial charge in [0.25, 0.3) is 11.8 Å². The lowest BCUT2D eigenvalue weighted by Gasteiger charge is -1.94. The first-order valence-electron chi connectivity index (χ1n) is 6.54. The smallest absolute Gasteiger partial charge is 0.259 e. The van der Waals surface area contributed by atoms with E-state index in [-0.39, 0.29) is 24.7 Å². The topological polar surface area (TPSA) is 58.9 Å². The predicted octanol–water partition coefficient (Wildman–Crippen LogP) is 2.70. The van der Waals surface area contributed by atoms with Crippen molar-refractivity contribution in [2.75, 3.05) is 0 Å². The summed E-state index contributed by atoms with van der Waals surface area (Å²) in [6.45, 7) is 0. The van der Waals surface area contributed by atoms with Crippen molar-refractivity contribution in [3.63, 3.8) is 0 Å². The van der Waals surface area contributed by atoms with Crippen LogP contribution in [0, 0.1) is 0 Å². The molecular weight excluding hydrogens is 264 g/mol. The third kappa shape index (κ3) is 5.35. The molecular formula is C17H14N2O2. The van der Waals surface area contributed by atoms with Crippen LogP contribution >= 0.6 is 0 Å². The first kappa shape index (κ1) is 14.6. The average Bonchev–Trinajstić information content (AvgIpc) is 2.49. The maximum Gasteiger partial charge on any atom is 0.259 e. The lowest BCUT2D eigenvalue weighted by Crippen LogP contribution is -2.00. The highest BCUT2D eigenvalue weighted by atomic mass is 16.2. The highest BCUT2D eigenvalue weighted by molar-refractivity contribution is 5.89. The van der Waals surface area contributed by atoms with Crippen LogP contribution in [0.4, 0.5) is 0 Å². The van der Waals surface area contributed by atoms with Crippen molar-refractivity contribution < 1.29 is 9.59 Å². The Morgan fingerprint density at radius 3 is 1.48 bits per heavy atom. The van der Waals surface area contributed by atoms with E-state index in [9.17, 15) is 9.59 Å². The van der Waals surface area contributed by atoms with Gasteiger partial charge in [0.1, 0.15) is 6.01 Å². The van der Waals surface area contributed by atoms with E-state index in [0.29, 0.717) is 0 Å². The molecule has 0 unspecified atom stereocenters. The summed E-state index contributed by atoms with van der Waals surface area (Å²) in [6, 6.07) is 20.7. The number of nitrogens with zero attached hydrogens (tertiary/aromatic N) is 2. The Bertz CT molecular complexity index is 615. The number of hydrogen-bond acceptors (Lipinski definition) is 2. The Kier molecular flexibility index (Phi) is 5.33. The molecule has 0 atom stereocenters. The number of benzene rings is 2. The van der Waals surface area contributed by atoms with Crippen molar-refractivity contribution in [1.82, 2.24) is 0 Å². The van der Waals surface area contributed by atoms with Crippen molar-refractivity contribution in [1.29, 1.82) is 0 Å². The summed E-state index contributed by atoms with van der Waals surface area (Å²) in [5, 5.41) is 0. The van der Waals surface area contributed by atoms with Gasteiger partial charge < -0.3 is 0 Å². The van der Waals surface area contributed by atoms with Crippen molar-refractivity contribution in [2.45, 2.75) is 12.8 Å². The molecule has 0 bridgehead atoms. The molecule has 0 radical (unpaired) electrons. The average molecular weight is 278 g/mol. The van der Waals surface area contributed by atoms with Crippen LogP contribution in [-0.4, -0.2) is 17.8 Å². The second kappa shape index (κ2) is 7.68. The van der Waals surface area contributed by atoms with Gasteiger partial charge in [-0.1, -0.05) is 60.7 Å². The van der Waals surface area contributed by atoms with Gasteiger partial charge in [0.2, 0.25) is 0 Å². The lowest BCUT2D eigenvalue weighted by atomic mass is 10.1. The van der Waals surface area contributed by atoms with Gasteiger partial charge in [0.05, 0.1) is 12.8 Å². The molecule has 0 aromatic heterocycles. The molecule has 0 saturated heterocycles. The van der Waals surface area contributed by atoms with E-state index in [0.717, 1.165) is 11.1 Å². The fourth-order valence-electron chi connectivity index (χ4n) is 1.76. The highest BCUT2D eigenvalue weighted by Crippen LogP contribution is 2.01. The standard InChI is InChI=1S/C17H14N2O2/c20-16(11-14-7-3-1-4-8-14)18-13-19-17(21)12-15-9-5-2-6-10-15/h1-10H,11-12H2. The fourth-order valence-corrected chi connectivity index (χ4v) is 1.76. The summed E-state index contributed by atoms with van der Waals surface area (Å²) in [6.07, 6.45) is 0.354. The summed E-state index contributed by atoms with van der Waals surface area (Å²) in [5.74, 6) is -0.755. The van der Waals surface area contributed by atoms with Crippen LogP contribution in [0.3, 0.4) is 0 Å². The maximum atomic E-state index is 11.6. The first-order valence-corrected chi connectivity index (χ1v) is 6.54. The Hall–Kier alpha value is -2.84. The van der Waals surface area contributed by atoms with Gasteiger partial charge in [0.15, 0.2) is 0 Å². The van der Waals surface area contributed by atoms with Gasteiger partial charge in [-0.05, 0) is 11.1 Å². The normalized spacial score (nSPS) is 9.52. The molecule has 21 heavy (non-hydrogen) atoms. The minimum Gasteiger partial charge on any atom is -0.271 e. The van der Waals surface area contributed by atoms with Crippen LogP contribution in [0.25, 0.3) is 0 Å². The monoisotopic (exact) mass is 278 g/mol.